The van der Waals surface area contributed by atoms with Gasteiger partial charge >= 0.3 is 0 Å². The van der Waals surface area contributed by atoms with Crippen LogP contribution in [0.3, 0.4) is 0 Å². The van der Waals surface area contributed by atoms with Crippen molar-refractivity contribution >= 4 is 17.0 Å². The summed E-state index contributed by atoms with van der Waals surface area (Å²) in [6.07, 6.45) is 0.937. The Morgan fingerprint density at radius 3 is 2.60 bits per heavy atom. The van der Waals surface area contributed by atoms with E-state index in [2.05, 4.69) is 67.4 Å². The summed E-state index contributed by atoms with van der Waals surface area (Å²) in [7, 11) is 6.16. The molecule has 0 aliphatic carbocycles. The molecule has 2 aromatic rings. The first kappa shape index (κ1) is 15.0. The van der Waals surface area contributed by atoms with Gasteiger partial charge in [0.15, 0.2) is 0 Å². The lowest BCUT2D eigenvalue weighted by molar-refractivity contribution is 0.590. The number of likely N-dealkylation sites (N-methyl/N-ethyl adjacent to an activating group) is 1. The van der Waals surface area contributed by atoms with Crippen molar-refractivity contribution in [3.05, 3.63) is 45.4 Å². The Balaban J connectivity index is 2.21. The zero-order chi connectivity index (χ0) is 14.7. The van der Waals surface area contributed by atoms with E-state index in [1.807, 2.05) is 7.05 Å². The summed E-state index contributed by atoms with van der Waals surface area (Å²) in [6, 6.07) is 8.98. The Kier molecular flexibility index (Phi) is 4.78. The number of nitrogens with one attached hydrogen (secondary N) is 1. The second-order valence-electron chi connectivity index (χ2n) is 5.28. The molecule has 0 fully saturated rings. The number of hydrogen-bond acceptors (Lipinski definition) is 4. The molecule has 0 aliphatic rings. The highest BCUT2D eigenvalue weighted by atomic mass is 32.1. The molecule has 1 aromatic carbocycles. The molecule has 0 amide bonds. The van der Waals surface area contributed by atoms with Gasteiger partial charge in [-0.1, -0.05) is 12.1 Å². The average Bonchev–Trinajstić information content (AvgIpc) is 2.75. The van der Waals surface area contributed by atoms with Crippen molar-refractivity contribution in [2.45, 2.75) is 26.3 Å². The highest BCUT2D eigenvalue weighted by Crippen LogP contribution is 2.25. The normalized spacial score (nSPS) is 12.4. The van der Waals surface area contributed by atoms with Crippen LogP contribution in [0.25, 0.3) is 0 Å². The molecule has 20 heavy (non-hydrogen) atoms. The fourth-order valence-electron chi connectivity index (χ4n) is 2.21. The van der Waals surface area contributed by atoms with E-state index in [1.165, 1.54) is 21.1 Å². The van der Waals surface area contributed by atoms with Crippen LogP contribution >= 0.6 is 11.3 Å². The number of benzene rings is 1. The molecule has 0 radical (unpaired) electrons. The first-order valence-electron chi connectivity index (χ1n) is 6.88. The minimum atomic E-state index is 0.305. The highest BCUT2D eigenvalue weighted by molar-refractivity contribution is 7.11. The zero-order valence-electron chi connectivity index (χ0n) is 12.9. The van der Waals surface area contributed by atoms with Crippen molar-refractivity contribution < 1.29 is 0 Å². The Hall–Kier alpha value is -1.39. The van der Waals surface area contributed by atoms with Crippen LogP contribution < -0.4 is 10.2 Å². The van der Waals surface area contributed by atoms with Crippen LogP contribution in [0.4, 0.5) is 5.69 Å². The molecular formula is C16H23N3S. The van der Waals surface area contributed by atoms with E-state index in [0.29, 0.717) is 6.04 Å². The average molecular weight is 289 g/mol. The summed E-state index contributed by atoms with van der Waals surface area (Å²) in [4.78, 5) is 8.10. The fourth-order valence-corrected chi connectivity index (χ4v) is 3.19. The molecule has 0 saturated heterocycles. The molecule has 1 aromatic heterocycles. The van der Waals surface area contributed by atoms with Crippen LogP contribution in [-0.2, 0) is 6.42 Å². The number of thiazole rings is 1. The summed E-state index contributed by atoms with van der Waals surface area (Å²) < 4.78 is 0. The van der Waals surface area contributed by atoms with Gasteiger partial charge < -0.3 is 10.2 Å². The number of aryl methyl sites for hydroxylation is 2. The molecule has 4 heteroatoms. The minimum absolute atomic E-state index is 0.305. The summed E-state index contributed by atoms with van der Waals surface area (Å²) in [5, 5.41) is 4.61. The van der Waals surface area contributed by atoms with Crippen molar-refractivity contribution in [1.29, 1.82) is 0 Å². The van der Waals surface area contributed by atoms with Crippen LogP contribution in [0, 0.1) is 13.8 Å². The molecule has 0 bridgehead atoms. The molecule has 0 saturated carbocycles. The van der Waals surface area contributed by atoms with E-state index in [1.54, 1.807) is 11.3 Å². The summed E-state index contributed by atoms with van der Waals surface area (Å²) in [6.45, 7) is 4.22. The van der Waals surface area contributed by atoms with Gasteiger partial charge in [-0.2, -0.15) is 0 Å². The van der Waals surface area contributed by atoms with E-state index in [9.17, 15) is 0 Å². The molecule has 1 heterocycles. The second kappa shape index (κ2) is 6.37. The van der Waals surface area contributed by atoms with Crippen LogP contribution in [0.5, 0.6) is 0 Å². The first-order valence-corrected chi connectivity index (χ1v) is 7.70. The SMILES string of the molecule is CNC(Cc1nc(C)c(C)s1)c1cccc(N(C)C)c1. The molecule has 2 rings (SSSR count). The van der Waals surface area contributed by atoms with Crippen LogP contribution in [0.2, 0.25) is 0 Å². The third kappa shape index (κ3) is 3.38. The van der Waals surface area contributed by atoms with Gasteiger partial charge in [0.25, 0.3) is 0 Å². The van der Waals surface area contributed by atoms with E-state index >= 15 is 0 Å². The maximum Gasteiger partial charge on any atom is 0.0949 e. The highest BCUT2D eigenvalue weighted by Gasteiger charge is 2.14. The minimum Gasteiger partial charge on any atom is -0.378 e. The van der Waals surface area contributed by atoms with Crippen LogP contribution in [0.15, 0.2) is 24.3 Å². The van der Waals surface area contributed by atoms with Gasteiger partial charge in [-0.25, -0.2) is 4.98 Å². The Morgan fingerprint density at radius 1 is 1.30 bits per heavy atom. The molecule has 0 aliphatic heterocycles. The van der Waals surface area contributed by atoms with E-state index in [4.69, 9.17) is 0 Å². The van der Waals surface area contributed by atoms with Crippen molar-refractivity contribution in [2.75, 3.05) is 26.0 Å². The lowest BCUT2D eigenvalue weighted by atomic mass is 10.0. The molecule has 108 valence electrons. The maximum absolute atomic E-state index is 4.65. The number of anilines is 1. The van der Waals surface area contributed by atoms with E-state index in [-0.39, 0.29) is 0 Å². The van der Waals surface area contributed by atoms with Gasteiger partial charge in [-0.15, -0.1) is 11.3 Å². The summed E-state index contributed by atoms with van der Waals surface area (Å²) >= 11 is 1.80. The predicted octanol–water partition coefficient (Wildman–Crippen LogP) is 3.33. The molecule has 1 N–H and O–H groups in total. The maximum atomic E-state index is 4.65. The third-order valence-corrected chi connectivity index (χ3v) is 4.68. The van der Waals surface area contributed by atoms with Crippen molar-refractivity contribution in [2.24, 2.45) is 0 Å². The van der Waals surface area contributed by atoms with Crippen molar-refractivity contribution in [1.82, 2.24) is 10.3 Å². The lowest BCUT2D eigenvalue weighted by Crippen LogP contribution is -2.19. The molecule has 0 spiro atoms. The topological polar surface area (TPSA) is 28.2 Å². The summed E-state index contributed by atoms with van der Waals surface area (Å²) in [5.41, 5.74) is 3.69. The molecule has 1 unspecified atom stereocenters. The Morgan fingerprint density at radius 2 is 2.05 bits per heavy atom. The first-order chi connectivity index (χ1) is 9.51. The number of nitrogens with zero attached hydrogens (tertiary/aromatic N) is 2. The van der Waals surface area contributed by atoms with Gasteiger partial charge in [-0.3, -0.25) is 0 Å². The molecule has 3 nitrogen and oxygen atoms in total. The number of rotatable bonds is 5. The van der Waals surface area contributed by atoms with E-state index in [0.717, 1.165) is 12.1 Å². The predicted molar refractivity (Wildman–Crippen MR) is 87.9 cm³/mol. The molecule has 1 atom stereocenters. The Labute approximate surface area is 125 Å². The zero-order valence-corrected chi connectivity index (χ0v) is 13.7. The third-order valence-electron chi connectivity index (χ3n) is 3.59. The number of hydrogen-bond donors (Lipinski definition) is 1. The smallest absolute Gasteiger partial charge is 0.0949 e. The largest absolute Gasteiger partial charge is 0.378 e. The monoisotopic (exact) mass is 289 g/mol. The second-order valence-corrected chi connectivity index (χ2v) is 6.57. The van der Waals surface area contributed by atoms with Gasteiger partial charge in [0, 0.05) is 37.1 Å². The van der Waals surface area contributed by atoms with Crippen molar-refractivity contribution in [3.63, 3.8) is 0 Å². The Bertz CT molecular complexity index is 555. The standard InChI is InChI=1S/C16H23N3S/c1-11-12(2)20-16(18-11)10-15(17-3)13-7-6-8-14(9-13)19(4)5/h6-9,15,17H,10H2,1-5H3. The lowest BCUT2D eigenvalue weighted by Gasteiger charge is -2.19. The van der Waals surface area contributed by atoms with Crippen LogP contribution in [-0.4, -0.2) is 26.1 Å². The van der Waals surface area contributed by atoms with E-state index < -0.39 is 0 Å². The number of aromatic nitrogens is 1. The van der Waals surface area contributed by atoms with Crippen molar-refractivity contribution in [3.8, 4) is 0 Å². The van der Waals surface area contributed by atoms with Gasteiger partial charge in [0.2, 0.25) is 0 Å². The fraction of sp³-hybridized carbons (Fsp3) is 0.438. The van der Waals surface area contributed by atoms with Crippen LogP contribution in [0.1, 0.15) is 27.2 Å². The van der Waals surface area contributed by atoms with Gasteiger partial charge in [0.05, 0.1) is 10.7 Å². The quantitative estimate of drug-likeness (QED) is 0.915. The summed E-state index contributed by atoms with van der Waals surface area (Å²) in [5.74, 6) is 0. The van der Waals surface area contributed by atoms with Gasteiger partial charge in [-0.05, 0) is 38.6 Å². The van der Waals surface area contributed by atoms with Gasteiger partial charge in [0.1, 0.15) is 0 Å². The molecular weight excluding hydrogens is 266 g/mol.